The fraction of sp³-hybridized carbons (Fsp3) is 0.473. The third-order valence-electron chi connectivity index (χ3n) is 14.2. The number of hydrogen-bond donors (Lipinski definition) is 11. The second kappa shape index (κ2) is 26.9. The Morgan fingerprint density at radius 1 is 0.763 bits per heavy atom. The predicted octanol–water partition coefficient (Wildman–Crippen LogP) is 2.49. The number of aromatic amines is 1. The highest BCUT2D eigenvalue weighted by Crippen LogP contribution is 2.53. The highest BCUT2D eigenvalue weighted by molar-refractivity contribution is 6.31. The van der Waals surface area contributed by atoms with Crippen LogP contribution in [0.5, 0.6) is 0 Å². The van der Waals surface area contributed by atoms with E-state index in [9.17, 15) is 28.8 Å². The van der Waals surface area contributed by atoms with Crippen LogP contribution in [0.15, 0.2) is 84.0 Å². The Labute approximate surface area is 448 Å². The van der Waals surface area contributed by atoms with E-state index >= 15 is 9.59 Å². The lowest BCUT2D eigenvalue weighted by Crippen LogP contribution is -2.67. The Hall–Kier alpha value is -7.32. The number of benzene rings is 3. The molecule has 2 aliphatic carbocycles. The van der Waals surface area contributed by atoms with Gasteiger partial charge >= 0.3 is 0 Å². The number of Topliss-reactive ketones (excluding diaryl/α,β-unsaturated/α-hetero) is 1. The molecule has 1 heterocycles. The van der Waals surface area contributed by atoms with Crippen molar-refractivity contribution in [1.29, 1.82) is 0 Å². The molecule has 408 valence electrons. The maximum Gasteiger partial charge on any atom is 0.247 e. The van der Waals surface area contributed by atoms with Gasteiger partial charge in [-0.15, -0.1) is 0 Å². The number of nitrogens with two attached hydrogens (primary N) is 3. The monoisotopic (exact) mass is 1060 g/mol. The largest absolute Gasteiger partial charge is 0.370 e. The average Bonchev–Trinajstić information content (AvgIpc) is 3.97. The molecule has 0 bridgehead atoms. The second-order valence-corrected chi connectivity index (χ2v) is 20.4. The summed E-state index contributed by atoms with van der Waals surface area (Å²) in [5.41, 5.74) is 17.5. The van der Waals surface area contributed by atoms with Crippen molar-refractivity contribution < 1.29 is 38.4 Å². The van der Waals surface area contributed by atoms with Crippen molar-refractivity contribution in [2.75, 3.05) is 20.1 Å². The summed E-state index contributed by atoms with van der Waals surface area (Å²) in [6.07, 6.45) is 4.93. The van der Waals surface area contributed by atoms with Crippen molar-refractivity contribution in [3.63, 3.8) is 0 Å². The van der Waals surface area contributed by atoms with Gasteiger partial charge in [-0.25, -0.2) is 0 Å². The van der Waals surface area contributed by atoms with Gasteiger partial charge in [0.2, 0.25) is 41.4 Å². The molecule has 7 amide bonds. The van der Waals surface area contributed by atoms with Crippen LogP contribution in [0.3, 0.4) is 0 Å². The molecule has 1 fully saturated rings. The van der Waals surface area contributed by atoms with E-state index in [0.717, 1.165) is 34.9 Å². The van der Waals surface area contributed by atoms with E-state index in [1.165, 1.54) is 6.92 Å². The zero-order chi connectivity index (χ0) is 55.0. The smallest absolute Gasteiger partial charge is 0.247 e. The summed E-state index contributed by atoms with van der Waals surface area (Å²) in [6.45, 7) is 4.00. The first-order chi connectivity index (χ1) is 36.4. The maximum absolute atomic E-state index is 15.2. The Bertz CT molecular complexity index is 2770. The molecular weight excluding hydrogens is 992 g/mol. The summed E-state index contributed by atoms with van der Waals surface area (Å²) < 4.78 is 0. The van der Waals surface area contributed by atoms with E-state index in [1.807, 2.05) is 38.2 Å². The Balaban J connectivity index is 1.33. The van der Waals surface area contributed by atoms with Gasteiger partial charge < -0.3 is 59.4 Å². The first-order valence-electron chi connectivity index (χ1n) is 26.1. The van der Waals surface area contributed by atoms with Gasteiger partial charge in [-0.05, 0) is 113 Å². The quantitative estimate of drug-likeness (QED) is 0.0213. The Morgan fingerprint density at radius 3 is 2.18 bits per heavy atom. The molecular formula is C55H73ClN12O8. The van der Waals surface area contributed by atoms with Crippen molar-refractivity contribution in [1.82, 2.24) is 42.2 Å². The number of carbonyl (C=O) groups excluding carboxylic acids is 8. The number of halogens is 1. The van der Waals surface area contributed by atoms with E-state index < -0.39 is 82.5 Å². The highest BCUT2D eigenvalue weighted by Gasteiger charge is 2.63. The average molecular weight is 1070 g/mol. The van der Waals surface area contributed by atoms with Gasteiger partial charge in [0.25, 0.3) is 0 Å². The fourth-order valence-corrected chi connectivity index (χ4v) is 10.3. The van der Waals surface area contributed by atoms with Crippen molar-refractivity contribution >= 4 is 75.6 Å². The number of rotatable bonds is 29. The number of amides is 7. The van der Waals surface area contributed by atoms with Crippen molar-refractivity contribution in [3.05, 3.63) is 106 Å². The minimum atomic E-state index is -1.72. The highest BCUT2D eigenvalue weighted by atomic mass is 35.5. The van der Waals surface area contributed by atoms with Crippen molar-refractivity contribution in [3.8, 4) is 0 Å². The summed E-state index contributed by atoms with van der Waals surface area (Å²) >= 11 is 6.64. The van der Waals surface area contributed by atoms with Crippen molar-refractivity contribution in [2.45, 2.75) is 145 Å². The molecule has 3 aromatic carbocycles. The lowest BCUT2D eigenvalue weighted by atomic mass is 9.76. The third-order valence-corrected chi connectivity index (χ3v) is 14.6. The van der Waals surface area contributed by atoms with E-state index in [-0.39, 0.29) is 82.5 Å². The van der Waals surface area contributed by atoms with Crippen LogP contribution in [0.25, 0.3) is 10.9 Å². The number of aliphatic imine (C=N–C) groups is 1. The van der Waals surface area contributed by atoms with Crippen LogP contribution in [0, 0.1) is 0 Å². The number of carbonyl (C=O) groups is 8. The summed E-state index contributed by atoms with van der Waals surface area (Å²) in [4.78, 5) is 120. The number of primary amides is 1. The number of aromatic nitrogens is 1. The molecule has 6 rings (SSSR count). The fourth-order valence-electron chi connectivity index (χ4n) is 9.98. The molecule has 0 aliphatic heterocycles. The first kappa shape index (κ1) is 57.9. The zero-order valence-corrected chi connectivity index (χ0v) is 44.3. The molecule has 1 saturated carbocycles. The molecule has 0 spiro atoms. The Morgan fingerprint density at radius 2 is 1.47 bits per heavy atom. The minimum Gasteiger partial charge on any atom is -0.370 e. The predicted molar refractivity (Wildman–Crippen MR) is 290 cm³/mol. The van der Waals surface area contributed by atoms with E-state index in [1.54, 1.807) is 54.7 Å². The number of ketones is 1. The first-order valence-corrected chi connectivity index (χ1v) is 26.5. The number of fused-ring (bicyclic) bond motifs is 2. The van der Waals surface area contributed by atoms with E-state index in [2.05, 4.69) is 47.2 Å². The van der Waals surface area contributed by atoms with Crippen LogP contribution in [0.4, 0.5) is 0 Å². The SMILES string of the molecule is CCCCC(=O)N[C@@H](CC(C)=O)C(=O)NC1(C(=O)N[C@H](Cc2ccccc2)C(=O)N[C@@H](CCCN=C(N)N)C(=O)NC2(C(=O)NC(CCCCNC)C(N)=O)CC2c2c[nH]c3ccccc23)CCc2c(Cl)cccc2C1. The maximum atomic E-state index is 15.2. The van der Waals surface area contributed by atoms with Crippen LogP contribution in [-0.2, 0) is 57.6 Å². The second-order valence-electron chi connectivity index (χ2n) is 20.0. The van der Waals surface area contributed by atoms with Gasteiger partial charge in [0, 0.05) is 60.3 Å². The van der Waals surface area contributed by atoms with Crippen LogP contribution >= 0.6 is 11.6 Å². The summed E-state index contributed by atoms with van der Waals surface area (Å²) in [5, 5.41) is 21.6. The van der Waals surface area contributed by atoms with E-state index in [4.69, 9.17) is 28.8 Å². The minimum absolute atomic E-state index is 0.0236. The summed E-state index contributed by atoms with van der Waals surface area (Å²) in [7, 11) is 1.81. The molecule has 20 nitrogen and oxygen atoms in total. The number of nitrogens with zero attached hydrogens (tertiary/aromatic N) is 1. The van der Waals surface area contributed by atoms with Crippen LogP contribution in [0.2, 0.25) is 5.02 Å². The normalized spacial score (nSPS) is 19.1. The number of guanidine groups is 1. The third kappa shape index (κ3) is 15.2. The number of unbranched alkanes of at least 4 members (excludes halogenated alkanes) is 2. The topological polar surface area (TPSA) is 327 Å². The van der Waals surface area contributed by atoms with Gasteiger partial charge in [0.05, 0.1) is 0 Å². The number of hydrogen-bond acceptors (Lipinski definition) is 10. The van der Waals surface area contributed by atoms with Gasteiger partial charge in [-0.2, -0.15) is 0 Å². The molecule has 7 atom stereocenters. The number of para-hydroxylation sites is 1. The van der Waals surface area contributed by atoms with Crippen molar-refractivity contribution in [2.24, 2.45) is 22.2 Å². The van der Waals surface area contributed by atoms with Gasteiger partial charge in [-0.1, -0.05) is 85.6 Å². The van der Waals surface area contributed by atoms with Gasteiger partial charge in [0.15, 0.2) is 5.96 Å². The lowest BCUT2D eigenvalue weighted by Gasteiger charge is -2.39. The standard InChI is InChI=1S/C55H73ClN12O8/c1-4-5-23-46(70)63-44(28-33(2)69)50(74)67-54(25-24-36-35(30-54)17-13-19-40(36)56)51(75)66-45(29-34-15-7-6-8-16-34)48(72)64-43(22-14-27-61-53(58)59)49(73)68-55(52(76)65-42(47(57)71)21-11-12-26-60-3)31-39(55)38-32-62-41-20-10-9-18-37(38)41/h6-10,13,15-20,32,39,42-45,60,62H,4-5,11-12,14,21-31H2,1-3H3,(H2,57,71)(H,63,70)(H,64,72)(H,65,76)(H,66,75)(H,67,74)(H,68,73)(H4,58,59,61)/t39?,42?,43-,44-,45+,54?,55?/m0/s1. The molecule has 4 aromatic rings. The molecule has 1 aromatic heterocycles. The van der Waals surface area contributed by atoms with Gasteiger partial charge in [0.1, 0.15) is 41.0 Å². The molecule has 2 aliphatic rings. The zero-order valence-electron chi connectivity index (χ0n) is 43.5. The van der Waals surface area contributed by atoms with E-state index in [0.29, 0.717) is 35.5 Å². The molecule has 21 heteroatoms. The molecule has 0 saturated heterocycles. The van der Waals surface area contributed by atoms with Crippen LogP contribution in [0.1, 0.15) is 113 Å². The Kier molecular flexibility index (Phi) is 20.5. The number of nitrogens with one attached hydrogen (secondary N) is 8. The van der Waals surface area contributed by atoms with Crippen LogP contribution < -0.4 is 54.4 Å². The molecule has 14 N–H and O–H groups in total. The lowest BCUT2D eigenvalue weighted by molar-refractivity contribution is -0.139. The van der Waals surface area contributed by atoms with Gasteiger partial charge in [-0.3, -0.25) is 43.3 Å². The summed E-state index contributed by atoms with van der Waals surface area (Å²) in [5.74, 6) is -5.87. The molecule has 76 heavy (non-hydrogen) atoms. The van der Waals surface area contributed by atoms with Crippen LogP contribution in [-0.4, -0.2) is 113 Å². The summed E-state index contributed by atoms with van der Waals surface area (Å²) in [6, 6.07) is 16.6. The molecule has 0 radical (unpaired) electrons. The molecule has 4 unspecified atom stereocenters. The number of H-pyrrole nitrogens is 1.